The number of anilines is 1. The highest BCUT2D eigenvalue weighted by Gasteiger charge is 2.17. The number of amides is 1. The number of benzene rings is 2. The van der Waals surface area contributed by atoms with E-state index in [2.05, 4.69) is 31.0 Å². The zero-order chi connectivity index (χ0) is 20.8. The minimum atomic E-state index is -0.646. The third kappa shape index (κ3) is 4.52. The fraction of sp³-hybridized carbons (Fsp3) is 0.105. The second-order valence-corrected chi connectivity index (χ2v) is 6.04. The fourth-order valence-electron chi connectivity index (χ4n) is 2.57. The van der Waals surface area contributed by atoms with Crippen molar-refractivity contribution in [2.45, 2.75) is 13.2 Å². The molecule has 0 bridgehead atoms. The van der Waals surface area contributed by atoms with Crippen LogP contribution in [-0.4, -0.2) is 42.3 Å². The van der Waals surface area contributed by atoms with Crippen molar-refractivity contribution in [2.75, 3.05) is 5.32 Å². The third-order valence-electron chi connectivity index (χ3n) is 3.93. The molecule has 0 aliphatic heterocycles. The second-order valence-electron chi connectivity index (χ2n) is 6.04. The van der Waals surface area contributed by atoms with Gasteiger partial charge in [0.25, 0.3) is 5.89 Å². The lowest BCUT2D eigenvalue weighted by atomic mass is 10.2. The quantitative estimate of drug-likeness (QED) is 0.455. The summed E-state index contributed by atoms with van der Waals surface area (Å²) >= 11 is 0. The maximum Gasteiger partial charge on any atom is 0.340 e. The number of carbonyl (C=O) groups excluding carboxylic acids is 2. The molecular weight excluding hydrogens is 390 g/mol. The standard InChI is InChI=1S/C19H15N7O4/c27-16(10-26-12-20-24-25-26)21-15-9-5-4-8-14(15)19(28)29-11-17-22-23-18(30-17)13-6-2-1-3-7-13/h1-9,12H,10-11H2,(H,21,27). The number of para-hydroxylation sites is 1. The molecule has 1 amide bonds. The number of hydrogen-bond donors (Lipinski definition) is 1. The van der Waals surface area contributed by atoms with E-state index < -0.39 is 11.9 Å². The number of nitrogens with zero attached hydrogens (tertiary/aromatic N) is 6. The highest BCUT2D eigenvalue weighted by Crippen LogP contribution is 2.19. The Balaban J connectivity index is 1.39. The van der Waals surface area contributed by atoms with Gasteiger partial charge < -0.3 is 14.5 Å². The second kappa shape index (κ2) is 8.73. The van der Waals surface area contributed by atoms with Crippen molar-refractivity contribution in [3.63, 3.8) is 0 Å². The Kier molecular flexibility index (Phi) is 5.51. The van der Waals surface area contributed by atoms with Crippen LogP contribution in [0.5, 0.6) is 0 Å². The van der Waals surface area contributed by atoms with E-state index in [1.807, 2.05) is 30.3 Å². The number of carbonyl (C=O) groups is 2. The lowest BCUT2D eigenvalue weighted by Gasteiger charge is -2.10. The summed E-state index contributed by atoms with van der Waals surface area (Å²) in [4.78, 5) is 24.7. The van der Waals surface area contributed by atoms with Gasteiger partial charge in [0.1, 0.15) is 12.9 Å². The molecular formula is C19H15N7O4. The van der Waals surface area contributed by atoms with E-state index in [-0.39, 0.29) is 24.6 Å². The highest BCUT2D eigenvalue weighted by atomic mass is 16.5. The van der Waals surface area contributed by atoms with Crippen LogP contribution in [0.15, 0.2) is 65.3 Å². The van der Waals surface area contributed by atoms with Gasteiger partial charge in [0.05, 0.1) is 11.3 Å². The highest BCUT2D eigenvalue weighted by molar-refractivity contribution is 6.01. The smallest absolute Gasteiger partial charge is 0.340 e. The largest absolute Gasteiger partial charge is 0.452 e. The van der Waals surface area contributed by atoms with Crippen molar-refractivity contribution in [3.05, 3.63) is 72.4 Å². The molecule has 0 fully saturated rings. The predicted octanol–water partition coefficient (Wildman–Crippen LogP) is 1.72. The molecule has 0 unspecified atom stereocenters. The van der Waals surface area contributed by atoms with Crippen molar-refractivity contribution in [3.8, 4) is 11.5 Å². The van der Waals surface area contributed by atoms with Crippen LogP contribution < -0.4 is 5.32 Å². The number of rotatable bonds is 7. The molecule has 2 aromatic carbocycles. The Morgan fingerprint density at radius 2 is 1.83 bits per heavy atom. The first kappa shape index (κ1) is 18.9. The molecule has 0 saturated heterocycles. The molecule has 0 spiro atoms. The van der Waals surface area contributed by atoms with Crippen molar-refractivity contribution < 1.29 is 18.7 Å². The third-order valence-corrected chi connectivity index (χ3v) is 3.93. The zero-order valence-corrected chi connectivity index (χ0v) is 15.5. The van der Waals surface area contributed by atoms with Crippen LogP contribution >= 0.6 is 0 Å². The maximum atomic E-state index is 12.5. The van der Waals surface area contributed by atoms with Gasteiger partial charge in [0.15, 0.2) is 6.61 Å². The zero-order valence-electron chi connectivity index (χ0n) is 15.5. The van der Waals surface area contributed by atoms with Gasteiger partial charge in [-0.1, -0.05) is 30.3 Å². The van der Waals surface area contributed by atoms with E-state index >= 15 is 0 Å². The molecule has 0 saturated carbocycles. The molecule has 2 heterocycles. The van der Waals surface area contributed by atoms with E-state index in [0.29, 0.717) is 11.6 Å². The summed E-state index contributed by atoms with van der Waals surface area (Å²) in [7, 11) is 0. The maximum absolute atomic E-state index is 12.5. The number of hydrogen-bond acceptors (Lipinski definition) is 9. The predicted molar refractivity (Wildman–Crippen MR) is 102 cm³/mol. The van der Waals surface area contributed by atoms with E-state index in [0.717, 1.165) is 5.56 Å². The first-order valence-corrected chi connectivity index (χ1v) is 8.83. The van der Waals surface area contributed by atoms with Crippen LogP contribution in [0.25, 0.3) is 11.5 Å². The summed E-state index contributed by atoms with van der Waals surface area (Å²) < 4.78 is 12.0. The minimum absolute atomic E-state index is 0.0966. The van der Waals surface area contributed by atoms with Crippen LogP contribution in [0.3, 0.4) is 0 Å². The summed E-state index contributed by atoms with van der Waals surface area (Å²) in [5.74, 6) is -0.556. The van der Waals surface area contributed by atoms with Gasteiger partial charge >= 0.3 is 5.97 Å². The topological polar surface area (TPSA) is 138 Å². The molecule has 0 radical (unpaired) electrons. The molecule has 4 rings (SSSR count). The SMILES string of the molecule is O=C(Cn1cnnn1)Nc1ccccc1C(=O)OCc1nnc(-c2ccccc2)o1. The molecule has 4 aromatic rings. The lowest BCUT2D eigenvalue weighted by Crippen LogP contribution is -2.21. The number of tetrazole rings is 1. The molecule has 30 heavy (non-hydrogen) atoms. The van der Waals surface area contributed by atoms with Crippen LogP contribution in [-0.2, 0) is 22.7 Å². The number of aromatic nitrogens is 6. The molecule has 11 nitrogen and oxygen atoms in total. The van der Waals surface area contributed by atoms with Crippen LogP contribution in [0.1, 0.15) is 16.2 Å². The van der Waals surface area contributed by atoms with Crippen molar-refractivity contribution in [1.82, 2.24) is 30.4 Å². The first-order valence-electron chi connectivity index (χ1n) is 8.83. The van der Waals surface area contributed by atoms with Crippen molar-refractivity contribution in [2.24, 2.45) is 0 Å². The van der Waals surface area contributed by atoms with E-state index in [4.69, 9.17) is 9.15 Å². The van der Waals surface area contributed by atoms with Gasteiger partial charge in [-0.2, -0.15) is 0 Å². The van der Waals surface area contributed by atoms with E-state index in [1.54, 1.807) is 18.2 Å². The molecule has 0 aliphatic carbocycles. The first-order chi connectivity index (χ1) is 14.7. The molecule has 11 heteroatoms. The Bertz CT molecular complexity index is 1140. The Hall–Kier alpha value is -4.41. The number of esters is 1. The van der Waals surface area contributed by atoms with Crippen molar-refractivity contribution in [1.29, 1.82) is 0 Å². The van der Waals surface area contributed by atoms with Crippen LogP contribution in [0, 0.1) is 0 Å². The normalized spacial score (nSPS) is 10.5. The fourth-order valence-corrected chi connectivity index (χ4v) is 2.57. The summed E-state index contributed by atoms with van der Waals surface area (Å²) in [5, 5.41) is 21.0. The van der Waals surface area contributed by atoms with Gasteiger partial charge in [-0.25, -0.2) is 9.48 Å². The average Bonchev–Trinajstić information content (AvgIpc) is 3.45. The Morgan fingerprint density at radius 1 is 1.03 bits per heavy atom. The molecule has 0 aliphatic rings. The summed E-state index contributed by atoms with van der Waals surface area (Å²) in [6.45, 7) is -0.299. The molecule has 150 valence electrons. The molecule has 2 aromatic heterocycles. The van der Waals surface area contributed by atoms with Gasteiger partial charge in [-0.3, -0.25) is 4.79 Å². The molecule has 0 atom stereocenters. The lowest BCUT2D eigenvalue weighted by molar-refractivity contribution is -0.116. The number of ether oxygens (including phenoxy) is 1. The van der Waals surface area contributed by atoms with Crippen molar-refractivity contribution >= 4 is 17.6 Å². The minimum Gasteiger partial charge on any atom is -0.452 e. The summed E-state index contributed by atoms with van der Waals surface area (Å²) in [5.41, 5.74) is 1.25. The van der Waals surface area contributed by atoms with E-state index in [1.165, 1.54) is 17.1 Å². The average molecular weight is 405 g/mol. The Labute approximate surface area is 169 Å². The van der Waals surface area contributed by atoms with Gasteiger partial charge in [0.2, 0.25) is 11.8 Å². The molecule has 1 N–H and O–H groups in total. The van der Waals surface area contributed by atoms with Gasteiger partial charge in [-0.15, -0.1) is 15.3 Å². The number of nitrogens with one attached hydrogen (secondary N) is 1. The van der Waals surface area contributed by atoms with Crippen LogP contribution in [0.4, 0.5) is 5.69 Å². The van der Waals surface area contributed by atoms with Gasteiger partial charge in [0, 0.05) is 5.56 Å². The summed E-state index contributed by atoms with van der Waals surface area (Å²) in [6.07, 6.45) is 1.31. The summed E-state index contributed by atoms with van der Waals surface area (Å²) in [6, 6.07) is 15.7. The van der Waals surface area contributed by atoms with Crippen LogP contribution in [0.2, 0.25) is 0 Å². The van der Waals surface area contributed by atoms with E-state index in [9.17, 15) is 9.59 Å². The monoisotopic (exact) mass is 405 g/mol. The van der Waals surface area contributed by atoms with Gasteiger partial charge in [-0.05, 0) is 34.7 Å². The Morgan fingerprint density at radius 3 is 2.63 bits per heavy atom.